The number of rotatable bonds is 7. The number of hydrogen-bond acceptors (Lipinski definition) is 4. The molecule has 164 valence electrons. The number of carbonyl (C=O) groups is 1. The van der Waals surface area contributed by atoms with E-state index in [2.05, 4.69) is 52.1 Å². The fourth-order valence-electron chi connectivity index (χ4n) is 3.42. The highest BCUT2D eigenvalue weighted by Gasteiger charge is 2.18. The first-order valence-electron chi connectivity index (χ1n) is 10.3. The third kappa shape index (κ3) is 5.04. The minimum atomic E-state index is -0.313. The van der Waals surface area contributed by atoms with Gasteiger partial charge in [0.05, 0.1) is 23.6 Å². The van der Waals surface area contributed by atoms with Gasteiger partial charge in [0.25, 0.3) is 5.91 Å². The van der Waals surface area contributed by atoms with E-state index in [0.29, 0.717) is 18.0 Å². The topological polar surface area (TPSA) is 69.3 Å². The van der Waals surface area contributed by atoms with E-state index in [1.807, 2.05) is 54.9 Å². The standard InChI is InChI=1S/C25H24IN3O3/c1-16-6-4-5-7-19(16)14-29-18(3)24(17(2)28-29)27-25(30)23-13-12-22(32-23)15-31-21-10-8-20(26)9-11-21/h4-13H,14-15H2,1-3H3,(H,27,30). The lowest BCUT2D eigenvalue weighted by Gasteiger charge is -2.08. The Morgan fingerprint density at radius 1 is 1.06 bits per heavy atom. The Balaban J connectivity index is 1.42. The van der Waals surface area contributed by atoms with Crippen LogP contribution in [0.2, 0.25) is 0 Å². The molecule has 0 atom stereocenters. The van der Waals surface area contributed by atoms with Gasteiger partial charge in [0, 0.05) is 3.57 Å². The van der Waals surface area contributed by atoms with Crippen molar-refractivity contribution in [3.8, 4) is 5.75 Å². The molecule has 32 heavy (non-hydrogen) atoms. The van der Waals surface area contributed by atoms with Gasteiger partial charge in [0.15, 0.2) is 5.76 Å². The third-order valence-corrected chi connectivity index (χ3v) is 6.00. The van der Waals surface area contributed by atoms with Gasteiger partial charge in [-0.1, -0.05) is 24.3 Å². The van der Waals surface area contributed by atoms with E-state index < -0.39 is 0 Å². The molecule has 2 aromatic heterocycles. The van der Waals surface area contributed by atoms with E-state index in [9.17, 15) is 4.79 Å². The van der Waals surface area contributed by atoms with Crippen molar-refractivity contribution in [3.63, 3.8) is 0 Å². The molecule has 6 nitrogen and oxygen atoms in total. The molecule has 0 saturated heterocycles. The maximum Gasteiger partial charge on any atom is 0.291 e. The summed E-state index contributed by atoms with van der Waals surface area (Å²) in [5.74, 6) is 1.25. The summed E-state index contributed by atoms with van der Waals surface area (Å²) in [5, 5.41) is 7.57. The number of benzene rings is 2. The zero-order valence-electron chi connectivity index (χ0n) is 18.2. The van der Waals surface area contributed by atoms with Crippen molar-refractivity contribution in [2.24, 2.45) is 0 Å². The zero-order chi connectivity index (χ0) is 22.7. The van der Waals surface area contributed by atoms with E-state index in [1.165, 1.54) is 11.1 Å². The normalized spacial score (nSPS) is 10.9. The number of furan rings is 1. The highest BCUT2D eigenvalue weighted by Crippen LogP contribution is 2.23. The third-order valence-electron chi connectivity index (χ3n) is 5.28. The summed E-state index contributed by atoms with van der Waals surface area (Å²) in [6.07, 6.45) is 0. The van der Waals surface area contributed by atoms with Gasteiger partial charge in [-0.25, -0.2) is 0 Å². The number of anilines is 1. The van der Waals surface area contributed by atoms with E-state index in [4.69, 9.17) is 9.15 Å². The van der Waals surface area contributed by atoms with Gasteiger partial charge in [-0.2, -0.15) is 5.10 Å². The highest BCUT2D eigenvalue weighted by atomic mass is 127. The summed E-state index contributed by atoms with van der Waals surface area (Å²) in [5.41, 5.74) is 4.77. The minimum absolute atomic E-state index is 0.233. The van der Waals surface area contributed by atoms with Crippen molar-refractivity contribution in [2.45, 2.75) is 33.9 Å². The fraction of sp³-hybridized carbons (Fsp3) is 0.200. The molecule has 0 aliphatic rings. The van der Waals surface area contributed by atoms with E-state index in [1.54, 1.807) is 12.1 Å². The highest BCUT2D eigenvalue weighted by molar-refractivity contribution is 14.1. The van der Waals surface area contributed by atoms with Crippen molar-refractivity contribution in [1.29, 1.82) is 0 Å². The van der Waals surface area contributed by atoms with E-state index in [0.717, 1.165) is 20.7 Å². The Labute approximate surface area is 200 Å². The Morgan fingerprint density at radius 2 is 1.81 bits per heavy atom. The molecule has 0 saturated carbocycles. The predicted octanol–water partition coefficient (Wildman–Crippen LogP) is 5.89. The molecule has 0 unspecified atom stereocenters. The van der Waals surface area contributed by atoms with Crippen LogP contribution < -0.4 is 10.1 Å². The number of halogens is 1. The summed E-state index contributed by atoms with van der Waals surface area (Å²) in [6.45, 7) is 6.83. The number of amides is 1. The molecule has 0 spiro atoms. The van der Waals surface area contributed by atoms with Gasteiger partial charge >= 0.3 is 0 Å². The lowest BCUT2D eigenvalue weighted by Crippen LogP contribution is -2.12. The SMILES string of the molecule is Cc1ccccc1Cn1nc(C)c(NC(=O)c2ccc(COc3ccc(I)cc3)o2)c1C. The Hall–Kier alpha value is -3.07. The molecule has 0 aliphatic carbocycles. The van der Waals surface area contributed by atoms with Crippen LogP contribution in [0.4, 0.5) is 5.69 Å². The summed E-state index contributed by atoms with van der Waals surface area (Å²) in [7, 11) is 0. The molecule has 0 bridgehead atoms. The number of carbonyl (C=O) groups excluding carboxylic acids is 1. The van der Waals surface area contributed by atoms with Gasteiger partial charge in [-0.3, -0.25) is 9.48 Å². The second kappa shape index (κ2) is 9.60. The number of nitrogens with zero attached hydrogens (tertiary/aromatic N) is 2. The summed E-state index contributed by atoms with van der Waals surface area (Å²) >= 11 is 2.24. The molecule has 2 aromatic carbocycles. The van der Waals surface area contributed by atoms with Crippen LogP contribution in [0.1, 0.15) is 38.8 Å². The van der Waals surface area contributed by atoms with Crippen molar-refractivity contribution < 1.29 is 13.9 Å². The van der Waals surface area contributed by atoms with Crippen molar-refractivity contribution in [1.82, 2.24) is 9.78 Å². The van der Waals surface area contributed by atoms with Crippen molar-refractivity contribution >= 4 is 34.2 Å². The maximum atomic E-state index is 12.8. The van der Waals surface area contributed by atoms with Gasteiger partial charge < -0.3 is 14.5 Å². The monoisotopic (exact) mass is 541 g/mol. The minimum Gasteiger partial charge on any atom is -0.486 e. The molecular formula is C25H24IN3O3. The van der Waals surface area contributed by atoms with E-state index in [-0.39, 0.29) is 18.3 Å². The molecule has 0 aliphatic heterocycles. The fourth-order valence-corrected chi connectivity index (χ4v) is 3.78. The number of nitrogens with one attached hydrogen (secondary N) is 1. The van der Waals surface area contributed by atoms with Crippen molar-refractivity contribution in [3.05, 3.63) is 98.3 Å². The van der Waals surface area contributed by atoms with Crippen LogP contribution in [0, 0.1) is 24.3 Å². The largest absolute Gasteiger partial charge is 0.486 e. The van der Waals surface area contributed by atoms with Crippen LogP contribution in [-0.4, -0.2) is 15.7 Å². The van der Waals surface area contributed by atoms with Gasteiger partial charge in [0.1, 0.15) is 18.1 Å². The van der Waals surface area contributed by atoms with Crippen LogP contribution in [0.5, 0.6) is 5.75 Å². The zero-order valence-corrected chi connectivity index (χ0v) is 20.3. The van der Waals surface area contributed by atoms with Crippen molar-refractivity contribution in [2.75, 3.05) is 5.32 Å². The molecule has 2 heterocycles. The first-order valence-corrected chi connectivity index (χ1v) is 11.4. The predicted molar refractivity (Wildman–Crippen MR) is 132 cm³/mol. The van der Waals surface area contributed by atoms with Gasteiger partial charge in [-0.15, -0.1) is 0 Å². The number of ether oxygens (including phenoxy) is 1. The molecule has 0 radical (unpaired) electrons. The second-order valence-electron chi connectivity index (χ2n) is 7.59. The first-order chi connectivity index (χ1) is 15.4. The molecule has 0 fully saturated rings. The quantitative estimate of drug-likeness (QED) is 0.297. The van der Waals surface area contributed by atoms with Gasteiger partial charge in [-0.05, 0) is 90.9 Å². The van der Waals surface area contributed by atoms with Crippen LogP contribution >= 0.6 is 22.6 Å². The number of aryl methyl sites for hydroxylation is 2. The molecule has 1 N–H and O–H groups in total. The molecule has 7 heteroatoms. The smallest absolute Gasteiger partial charge is 0.291 e. The van der Waals surface area contributed by atoms with Crippen LogP contribution in [0.3, 0.4) is 0 Å². The molecule has 4 rings (SSSR count). The van der Waals surface area contributed by atoms with Gasteiger partial charge in [0.2, 0.25) is 0 Å². The summed E-state index contributed by atoms with van der Waals surface area (Å²) in [4.78, 5) is 12.8. The van der Waals surface area contributed by atoms with Crippen LogP contribution in [0.15, 0.2) is 65.1 Å². The molecule has 4 aromatic rings. The average Bonchev–Trinajstić information content (AvgIpc) is 3.35. The lowest BCUT2D eigenvalue weighted by molar-refractivity contribution is 0.0992. The number of hydrogen-bond donors (Lipinski definition) is 1. The average molecular weight is 541 g/mol. The maximum absolute atomic E-state index is 12.8. The Morgan fingerprint density at radius 3 is 2.56 bits per heavy atom. The van der Waals surface area contributed by atoms with Crippen LogP contribution in [-0.2, 0) is 13.2 Å². The summed E-state index contributed by atoms with van der Waals surface area (Å²) < 4.78 is 14.5. The first kappa shape index (κ1) is 22.1. The van der Waals surface area contributed by atoms with E-state index >= 15 is 0 Å². The number of aromatic nitrogens is 2. The summed E-state index contributed by atoms with van der Waals surface area (Å²) in [6, 6.07) is 19.4. The Kier molecular flexibility index (Phi) is 6.64. The Bertz CT molecular complexity index is 1240. The second-order valence-corrected chi connectivity index (χ2v) is 8.84. The molecular weight excluding hydrogens is 517 g/mol. The van der Waals surface area contributed by atoms with Crippen LogP contribution in [0.25, 0.3) is 0 Å². The lowest BCUT2D eigenvalue weighted by atomic mass is 10.1. The molecule has 1 amide bonds.